The monoisotopic (exact) mass is 451 g/mol. The molecule has 0 bridgehead atoms. The van der Waals surface area contributed by atoms with E-state index in [0.717, 1.165) is 54.5 Å². The predicted octanol–water partition coefficient (Wildman–Crippen LogP) is 5.68. The Kier molecular flexibility index (Phi) is 5.38. The molecule has 5 nitrogen and oxygen atoms in total. The maximum absolute atomic E-state index is 4.74. The van der Waals surface area contributed by atoms with Crippen LogP contribution in [0.4, 0.5) is 5.69 Å². The normalized spacial score (nSPS) is 14.7. The number of nitrogens with zero attached hydrogens (tertiary/aromatic N) is 4. The number of fused-ring (bicyclic) bond motifs is 1. The molecule has 1 aliphatic rings. The Morgan fingerprint density at radius 1 is 0.788 bits per heavy atom. The Morgan fingerprint density at radius 2 is 1.55 bits per heavy atom. The Bertz CT molecular complexity index is 1320. The Balaban J connectivity index is 1.10. The summed E-state index contributed by atoms with van der Waals surface area (Å²) in [4.78, 5) is 19.7. The van der Waals surface area contributed by atoms with Crippen molar-refractivity contribution < 1.29 is 0 Å². The molecular formula is C27H25N5S. The van der Waals surface area contributed by atoms with Crippen molar-refractivity contribution in [2.24, 2.45) is 0 Å². The van der Waals surface area contributed by atoms with Gasteiger partial charge in [-0.2, -0.15) is 0 Å². The zero-order valence-electron chi connectivity index (χ0n) is 18.3. The molecule has 2 aromatic carbocycles. The van der Waals surface area contributed by atoms with E-state index in [0.29, 0.717) is 0 Å². The molecule has 0 amide bonds. The number of pyridine rings is 1. The summed E-state index contributed by atoms with van der Waals surface area (Å²) in [5, 5.41) is 0. The van der Waals surface area contributed by atoms with Gasteiger partial charge in [0, 0.05) is 55.7 Å². The molecule has 5 aromatic rings. The standard InChI is InChI=1S/C27H25N5S/c1-2-4-24-23(3-1)29-27(30-24)26-10-9-25(33-26)21-7-5-20(6-8-21)19-31-15-17-32(18-16-31)22-11-13-28-14-12-22/h1-14H,15-19H2,(H,29,30). The van der Waals surface area contributed by atoms with Gasteiger partial charge in [-0.25, -0.2) is 4.98 Å². The zero-order chi connectivity index (χ0) is 22.0. The highest BCUT2D eigenvalue weighted by molar-refractivity contribution is 7.18. The number of H-pyrrole nitrogens is 1. The molecule has 6 rings (SSSR count). The van der Waals surface area contributed by atoms with E-state index in [1.165, 1.54) is 21.7 Å². The lowest BCUT2D eigenvalue weighted by Crippen LogP contribution is -2.45. The van der Waals surface area contributed by atoms with E-state index in [9.17, 15) is 0 Å². The molecule has 3 aromatic heterocycles. The van der Waals surface area contributed by atoms with Crippen molar-refractivity contribution in [2.45, 2.75) is 6.54 Å². The second-order valence-electron chi connectivity index (χ2n) is 8.43. The number of imidazole rings is 1. The molecule has 1 fully saturated rings. The average Bonchev–Trinajstić information content (AvgIpc) is 3.53. The van der Waals surface area contributed by atoms with E-state index < -0.39 is 0 Å². The maximum atomic E-state index is 4.74. The first-order valence-electron chi connectivity index (χ1n) is 11.3. The number of rotatable bonds is 5. The van der Waals surface area contributed by atoms with Crippen LogP contribution in [0.1, 0.15) is 5.56 Å². The molecule has 6 heteroatoms. The summed E-state index contributed by atoms with van der Waals surface area (Å²) < 4.78 is 0. The lowest BCUT2D eigenvalue weighted by atomic mass is 10.1. The third-order valence-corrected chi connectivity index (χ3v) is 7.41. The number of piperazine rings is 1. The van der Waals surface area contributed by atoms with Crippen molar-refractivity contribution in [1.29, 1.82) is 0 Å². The Labute approximate surface area is 197 Å². The van der Waals surface area contributed by atoms with Gasteiger partial charge >= 0.3 is 0 Å². The van der Waals surface area contributed by atoms with Gasteiger partial charge in [0.1, 0.15) is 5.82 Å². The summed E-state index contributed by atoms with van der Waals surface area (Å²) >= 11 is 1.78. The van der Waals surface area contributed by atoms with Gasteiger partial charge in [-0.1, -0.05) is 36.4 Å². The van der Waals surface area contributed by atoms with Gasteiger partial charge in [-0.05, 0) is 47.5 Å². The lowest BCUT2D eigenvalue weighted by molar-refractivity contribution is 0.250. The first-order valence-corrected chi connectivity index (χ1v) is 12.2. The highest BCUT2D eigenvalue weighted by Crippen LogP contribution is 2.34. The smallest absolute Gasteiger partial charge is 0.148 e. The Morgan fingerprint density at radius 3 is 2.33 bits per heavy atom. The molecule has 0 saturated carbocycles. The van der Waals surface area contributed by atoms with Crippen LogP contribution in [0.3, 0.4) is 0 Å². The first-order chi connectivity index (χ1) is 16.3. The van der Waals surface area contributed by atoms with Crippen LogP contribution in [0.5, 0.6) is 0 Å². The maximum Gasteiger partial charge on any atom is 0.148 e. The van der Waals surface area contributed by atoms with Gasteiger partial charge in [0.15, 0.2) is 0 Å². The topological polar surface area (TPSA) is 48.1 Å². The predicted molar refractivity (Wildman–Crippen MR) is 137 cm³/mol. The van der Waals surface area contributed by atoms with Crippen LogP contribution >= 0.6 is 11.3 Å². The molecule has 4 heterocycles. The van der Waals surface area contributed by atoms with E-state index in [4.69, 9.17) is 4.98 Å². The molecule has 0 atom stereocenters. The molecular weight excluding hydrogens is 426 g/mol. The number of anilines is 1. The second-order valence-corrected chi connectivity index (χ2v) is 9.52. The Hall–Kier alpha value is -3.48. The van der Waals surface area contributed by atoms with Crippen LogP contribution in [0.15, 0.2) is 85.2 Å². The van der Waals surface area contributed by atoms with Crippen LogP contribution in [0.2, 0.25) is 0 Å². The number of nitrogens with one attached hydrogen (secondary N) is 1. The fourth-order valence-electron chi connectivity index (χ4n) is 4.44. The summed E-state index contributed by atoms with van der Waals surface area (Å²) in [6, 6.07) is 25.7. The van der Waals surface area contributed by atoms with E-state index >= 15 is 0 Å². The lowest BCUT2D eigenvalue weighted by Gasteiger charge is -2.36. The second kappa shape index (κ2) is 8.81. The number of aromatic nitrogens is 3. The third kappa shape index (κ3) is 4.27. The van der Waals surface area contributed by atoms with Gasteiger partial charge in [-0.15, -0.1) is 11.3 Å². The summed E-state index contributed by atoms with van der Waals surface area (Å²) in [6.45, 7) is 5.27. The minimum atomic E-state index is 0.940. The molecule has 1 saturated heterocycles. The number of para-hydroxylation sites is 2. The highest BCUT2D eigenvalue weighted by Gasteiger charge is 2.17. The molecule has 1 N–H and O–H groups in total. The summed E-state index contributed by atoms with van der Waals surface area (Å²) in [5.74, 6) is 0.940. The molecule has 0 radical (unpaired) electrons. The number of hydrogen-bond donors (Lipinski definition) is 1. The number of thiophene rings is 1. The summed E-state index contributed by atoms with van der Waals surface area (Å²) in [7, 11) is 0. The number of aromatic amines is 1. The molecule has 0 spiro atoms. The van der Waals surface area contributed by atoms with Crippen LogP contribution in [0.25, 0.3) is 32.2 Å². The van der Waals surface area contributed by atoms with Crippen molar-refractivity contribution in [3.8, 4) is 21.1 Å². The van der Waals surface area contributed by atoms with Crippen molar-refractivity contribution in [1.82, 2.24) is 19.9 Å². The number of hydrogen-bond acceptors (Lipinski definition) is 5. The van der Waals surface area contributed by atoms with E-state index in [1.54, 1.807) is 11.3 Å². The molecule has 33 heavy (non-hydrogen) atoms. The molecule has 164 valence electrons. The fraction of sp³-hybridized carbons (Fsp3) is 0.185. The fourth-order valence-corrected chi connectivity index (χ4v) is 5.40. The highest BCUT2D eigenvalue weighted by atomic mass is 32.1. The van der Waals surface area contributed by atoms with Gasteiger partial charge in [-0.3, -0.25) is 9.88 Å². The van der Waals surface area contributed by atoms with Gasteiger partial charge in [0.25, 0.3) is 0 Å². The largest absolute Gasteiger partial charge is 0.369 e. The first kappa shape index (κ1) is 20.1. The van der Waals surface area contributed by atoms with Gasteiger partial charge in [0.05, 0.1) is 15.9 Å². The van der Waals surface area contributed by atoms with E-state index in [-0.39, 0.29) is 0 Å². The van der Waals surface area contributed by atoms with Crippen LogP contribution in [-0.4, -0.2) is 46.0 Å². The quantitative estimate of drug-likeness (QED) is 0.374. The van der Waals surface area contributed by atoms with Gasteiger partial charge < -0.3 is 9.88 Å². The SMILES string of the molecule is c1ccc2[nH]c(-c3ccc(-c4ccc(CN5CCN(c6ccncc6)CC5)cc4)s3)nc2c1. The molecule has 1 aliphatic heterocycles. The van der Waals surface area contributed by atoms with E-state index in [2.05, 4.69) is 74.4 Å². The minimum Gasteiger partial charge on any atom is -0.369 e. The van der Waals surface area contributed by atoms with Crippen molar-refractivity contribution >= 4 is 28.1 Å². The summed E-state index contributed by atoms with van der Waals surface area (Å²) in [5.41, 5.74) is 5.98. The number of benzene rings is 2. The van der Waals surface area contributed by atoms with Crippen molar-refractivity contribution in [3.05, 3.63) is 90.8 Å². The molecule has 0 aliphatic carbocycles. The van der Waals surface area contributed by atoms with Gasteiger partial charge in [0.2, 0.25) is 0 Å². The summed E-state index contributed by atoms with van der Waals surface area (Å²) in [6.07, 6.45) is 3.74. The van der Waals surface area contributed by atoms with Crippen LogP contribution in [-0.2, 0) is 6.54 Å². The third-order valence-electron chi connectivity index (χ3n) is 6.27. The van der Waals surface area contributed by atoms with Crippen LogP contribution < -0.4 is 4.90 Å². The average molecular weight is 452 g/mol. The van der Waals surface area contributed by atoms with Crippen LogP contribution in [0, 0.1) is 0 Å². The van der Waals surface area contributed by atoms with E-state index in [1.807, 2.05) is 30.6 Å². The zero-order valence-corrected chi connectivity index (χ0v) is 19.1. The van der Waals surface area contributed by atoms with Crippen molar-refractivity contribution in [3.63, 3.8) is 0 Å². The molecule has 0 unspecified atom stereocenters. The van der Waals surface area contributed by atoms with Crippen molar-refractivity contribution in [2.75, 3.05) is 31.1 Å². The minimum absolute atomic E-state index is 0.940.